The van der Waals surface area contributed by atoms with Crippen molar-refractivity contribution in [2.75, 3.05) is 6.54 Å². The molecule has 3 rings (SSSR count). The average molecular weight is 388 g/mol. The molecular weight excluding hydrogens is 368 g/mol. The van der Waals surface area contributed by atoms with Crippen molar-refractivity contribution in [2.45, 2.75) is 24.3 Å². The molecule has 0 amide bonds. The number of benzene rings is 2. The molecule has 27 heavy (non-hydrogen) atoms. The monoisotopic (exact) mass is 388 g/mol. The Labute approximate surface area is 156 Å². The highest BCUT2D eigenvalue weighted by molar-refractivity contribution is 7.89. The minimum Gasteiger partial charge on any atom is -0.508 e. The maximum atomic E-state index is 12.3. The quantitative estimate of drug-likeness (QED) is 0.549. The topological polar surface area (TPSA) is 109 Å². The van der Waals surface area contributed by atoms with E-state index in [1.807, 2.05) is 10.8 Å². The molecule has 0 radical (unpaired) electrons. The molecular formula is C19H20N2O5S. The third-order valence-corrected chi connectivity index (χ3v) is 5.73. The molecule has 0 aliphatic heterocycles. The van der Waals surface area contributed by atoms with Crippen molar-refractivity contribution < 1.29 is 23.4 Å². The van der Waals surface area contributed by atoms with Crippen molar-refractivity contribution in [1.82, 2.24) is 9.29 Å². The summed E-state index contributed by atoms with van der Waals surface area (Å²) in [5.41, 5.74) is 1.64. The maximum Gasteiger partial charge on any atom is 0.305 e. The van der Waals surface area contributed by atoms with Crippen LogP contribution in [0.2, 0.25) is 0 Å². The second-order valence-corrected chi connectivity index (χ2v) is 7.92. The number of phenolic OH excluding ortho intramolecular Hbond substituents is 1. The van der Waals surface area contributed by atoms with Crippen molar-refractivity contribution in [3.05, 3.63) is 60.3 Å². The van der Waals surface area contributed by atoms with Gasteiger partial charge in [-0.25, -0.2) is 13.1 Å². The van der Waals surface area contributed by atoms with Gasteiger partial charge in [-0.05, 0) is 42.3 Å². The van der Waals surface area contributed by atoms with Gasteiger partial charge in [0.1, 0.15) is 5.75 Å². The van der Waals surface area contributed by atoms with Crippen molar-refractivity contribution in [1.29, 1.82) is 0 Å². The average Bonchev–Trinajstić information content (AvgIpc) is 2.97. The lowest BCUT2D eigenvalue weighted by Crippen LogP contribution is -2.25. The number of nitrogens with one attached hydrogen (secondary N) is 1. The molecule has 0 aliphatic carbocycles. The van der Waals surface area contributed by atoms with Crippen LogP contribution in [0, 0.1) is 0 Å². The summed E-state index contributed by atoms with van der Waals surface area (Å²) in [6, 6.07) is 13.0. The lowest BCUT2D eigenvalue weighted by atomic mass is 10.1. The van der Waals surface area contributed by atoms with Gasteiger partial charge < -0.3 is 14.8 Å². The Balaban J connectivity index is 1.78. The van der Waals surface area contributed by atoms with Gasteiger partial charge in [0.2, 0.25) is 10.0 Å². The number of hydrogen-bond donors (Lipinski definition) is 3. The number of aromatic nitrogens is 1. The number of sulfonamides is 1. The number of aryl methyl sites for hydroxylation is 1. The summed E-state index contributed by atoms with van der Waals surface area (Å²) in [6.45, 7) is 0.483. The normalized spacial score (nSPS) is 11.7. The molecule has 0 spiro atoms. The molecule has 0 atom stereocenters. The van der Waals surface area contributed by atoms with Crippen molar-refractivity contribution in [2.24, 2.45) is 0 Å². The van der Waals surface area contributed by atoms with Gasteiger partial charge in [0.05, 0.1) is 11.3 Å². The fourth-order valence-corrected chi connectivity index (χ4v) is 4.02. The highest BCUT2D eigenvalue weighted by Gasteiger charge is 2.14. The Bertz CT molecular complexity index is 1060. The molecule has 142 valence electrons. The van der Waals surface area contributed by atoms with Crippen LogP contribution < -0.4 is 4.72 Å². The van der Waals surface area contributed by atoms with E-state index in [4.69, 9.17) is 5.11 Å². The zero-order valence-corrected chi connectivity index (χ0v) is 15.3. The van der Waals surface area contributed by atoms with Gasteiger partial charge >= 0.3 is 5.97 Å². The molecule has 3 aromatic rings. The molecule has 0 aliphatic rings. The first-order chi connectivity index (χ1) is 12.9. The van der Waals surface area contributed by atoms with E-state index in [1.54, 1.807) is 36.4 Å². The SMILES string of the molecule is O=C(O)CCn1cc(CCNS(=O)(=O)c2ccccc2)c2cc(O)ccc21. The summed E-state index contributed by atoms with van der Waals surface area (Å²) in [7, 11) is -3.59. The second-order valence-electron chi connectivity index (χ2n) is 6.15. The third kappa shape index (κ3) is 4.47. The Hall–Kier alpha value is -2.84. The number of phenols is 1. The molecule has 3 N–H and O–H groups in total. The van der Waals surface area contributed by atoms with E-state index >= 15 is 0 Å². The Morgan fingerprint density at radius 3 is 2.56 bits per heavy atom. The molecule has 0 bridgehead atoms. The van der Waals surface area contributed by atoms with Crippen LogP contribution in [0.3, 0.4) is 0 Å². The molecule has 2 aromatic carbocycles. The zero-order valence-electron chi connectivity index (χ0n) is 14.5. The van der Waals surface area contributed by atoms with Crippen LogP contribution in [0.15, 0.2) is 59.6 Å². The number of fused-ring (bicyclic) bond motifs is 1. The van der Waals surface area contributed by atoms with Crippen LogP contribution >= 0.6 is 0 Å². The van der Waals surface area contributed by atoms with Gasteiger partial charge in [-0.3, -0.25) is 4.79 Å². The molecule has 0 unspecified atom stereocenters. The van der Waals surface area contributed by atoms with Crippen LogP contribution in [0.4, 0.5) is 0 Å². The van der Waals surface area contributed by atoms with Crippen LogP contribution in [-0.2, 0) is 27.8 Å². The van der Waals surface area contributed by atoms with Gasteiger partial charge in [-0.2, -0.15) is 0 Å². The molecule has 8 heteroatoms. The summed E-state index contributed by atoms with van der Waals surface area (Å²) in [5.74, 6) is -0.794. The van der Waals surface area contributed by atoms with E-state index < -0.39 is 16.0 Å². The number of aliphatic carboxylic acids is 1. The predicted molar refractivity (Wildman–Crippen MR) is 101 cm³/mol. The van der Waals surface area contributed by atoms with E-state index in [0.29, 0.717) is 13.0 Å². The van der Waals surface area contributed by atoms with Gasteiger partial charge in [0.15, 0.2) is 0 Å². The smallest absolute Gasteiger partial charge is 0.305 e. The highest BCUT2D eigenvalue weighted by Crippen LogP contribution is 2.26. The number of carboxylic acid groups (broad SMARTS) is 1. The van der Waals surface area contributed by atoms with Crippen molar-refractivity contribution in [3.63, 3.8) is 0 Å². The van der Waals surface area contributed by atoms with E-state index in [-0.39, 0.29) is 23.6 Å². The summed E-state index contributed by atoms with van der Waals surface area (Å²) in [6.07, 6.45) is 2.20. The largest absolute Gasteiger partial charge is 0.508 e. The summed E-state index contributed by atoms with van der Waals surface area (Å²) >= 11 is 0. The van der Waals surface area contributed by atoms with Crippen LogP contribution in [0.25, 0.3) is 10.9 Å². The van der Waals surface area contributed by atoms with E-state index in [9.17, 15) is 18.3 Å². The van der Waals surface area contributed by atoms with Gasteiger partial charge in [0.25, 0.3) is 0 Å². The summed E-state index contributed by atoms with van der Waals surface area (Å²) < 4.78 is 29.0. The standard InChI is InChI=1S/C19H20N2O5S/c22-15-6-7-18-17(12-15)14(13-21(18)11-9-19(23)24)8-10-20-27(25,26)16-4-2-1-3-5-16/h1-7,12-13,20,22H,8-11H2,(H,23,24). The lowest BCUT2D eigenvalue weighted by Gasteiger charge is -2.06. The van der Waals surface area contributed by atoms with Crippen LogP contribution in [0.5, 0.6) is 5.75 Å². The fraction of sp³-hybridized carbons (Fsp3) is 0.211. The number of carboxylic acids is 1. The summed E-state index contributed by atoms with van der Waals surface area (Å²) in [5, 5.41) is 19.5. The fourth-order valence-electron chi connectivity index (χ4n) is 2.96. The maximum absolute atomic E-state index is 12.3. The van der Waals surface area contributed by atoms with Crippen LogP contribution in [-0.4, -0.2) is 35.7 Å². The molecule has 7 nitrogen and oxygen atoms in total. The summed E-state index contributed by atoms with van der Waals surface area (Å²) in [4.78, 5) is 11.1. The highest BCUT2D eigenvalue weighted by atomic mass is 32.2. The van der Waals surface area contributed by atoms with E-state index in [2.05, 4.69) is 4.72 Å². The second kappa shape index (κ2) is 7.81. The third-order valence-electron chi connectivity index (χ3n) is 4.25. The van der Waals surface area contributed by atoms with Gasteiger partial charge in [0, 0.05) is 30.2 Å². The molecule has 1 aromatic heterocycles. The van der Waals surface area contributed by atoms with E-state index in [0.717, 1.165) is 16.5 Å². The lowest BCUT2D eigenvalue weighted by molar-refractivity contribution is -0.137. The van der Waals surface area contributed by atoms with E-state index in [1.165, 1.54) is 12.1 Å². The number of rotatable bonds is 8. The first kappa shape index (κ1) is 18.9. The predicted octanol–water partition coefficient (Wildman–Crippen LogP) is 2.34. The molecule has 0 fully saturated rings. The number of carbonyl (C=O) groups is 1. The Morgan fingerprint density at radius 2 is 1.85 bits per heavy atom. The van der Waals surface area contributed by atoms with Crippen molar-refractivity contribution >= 4 is 26.9 Å². The van der Waals surface area contributed by atoms with Crippen molar-refractivity contribution in [3.8, 4) is 5.75 Å². The molecule has 0 saturated carbocycles. The number of nitrogens with zero attached hydrogens (tertiary/aromatic N) is 1. The molecule has 0 saturated heterocycles. The Kier molecular flexibility index (Phi) is 5.48. The Morgan fingerprint density at radius 1 is 1.11 bits per heavy atom. The van der Waals surface area contributed by atoms with Gasteiger partial charge in [-0.15, -0.1) is 0 Å². The first-order valence-corrected chi connectivity index (χ1v) is 9.92. The van der Waals surface area contributed by atoms with Crippen LogP contribution in [0.1, 0.15) is 12.0 Å². The number of hydrogen-bond acceptors (Lipinski definition) is 4. The minimum absolute atomic E-state index is 0.0231. The molecule has 1 heterocycles. The van der Waals surface area contributed by atoms with Gasteiger partial charge in [-0.1, -0.05) is 18.2 Å². The zero-order chi connectivity index (χ0) is 19.4. The number of aromatic hydroxyl groups is 1. The first-order valence-electron chi connectivity index (χ1n) is 8.44. The minimum atomic E-state index is -3.59.